The molecule has 0 saturated carbocycles. The number of carbonyl (C=O) groups excluding carboxylic acids is 1. The average molecular weight is 584 g/mol. The lowest BCUT2D eigenvalue weighted by molar-refractivity contribution is -0.138. The van der Waals surface area contributed by atoms with Crippen LogP contribution in [-0.4, -0.2) is 66.5 Å². The van der Waals surface area contributed by atoms with E-state index in [1.54, 1.807) is 11.1 Å². The Labute approximate surface area is 252 Å². The van der Waals surface area contributed by atoms with Crippen molar-refractivity contribution in [1.82, 2.24) is 29.7 Å². The summed E-state index contributed by atoms with van der Waals surface area (Å²) in [5.41, 5.74) is 12.3. The molecule has 2 aromatic carbocycles. The van der Waals surface area contributed by atoms with Gasteiger partial charge in [0.2, 0.25) is 5.91 Å². The molecular formula is C33H41N7O3. The first-order valence-corrected chi connectivity index (χ1v) is 14.9. The molecule has 2 aromatic heterocycles. The second kappa shape index (κ2) is 12.4. The molecule has 5 rings (SSSR count). The maximum Gasteiger partial charge on any atom is 0.407 e. The second-order valence-electron chi connectivity index (χ2n) is 12.1. The normalized spacial score (nSPS) is 16.6. The number of rotatable bonds is 9. The molecule has 0 bridgehead atoms. The zero-order chi connectivity index (χ0) is 30.8. The van der Waals surface area contributed by atoms with Crippen LogP contribution in [0.5, 0.6) is 0 Å². The van der Waals surface area contributed by atoms with Crippen LogP contribution in [-0.2, 0) is 4.79 Å². The molecule has 3 atom stereocenters. The number of imidazole rings is 2. The summed E-state index contributed by atoms with van der Waals surface area (Å²) >= 11 is 0. The van der Waals surface area contributed by atoms with Gasteiger partial charge < -0.3 is 25.7 Å². The fourth-order valence-corrected chi connectivity index (χ4v) is 5.81. The fraction of sp³-hybridized carbons (Fsp3) is 0.394. The molecule has 10 nitrogen and oxygen atoms in total. The van der Waals surface area contributed by atoms with Crippen molar-refractivity contribution in [2.75, 3.05) is 13.6 Å². The molecule has 1 fully saturated rings. The van der Waals surface area contributed by atoms with Gasteiger partial charge in [-0.3, -0.25) is 9.69 Å². The van der Waals surface area contributed by atoms with Crippen molar-refractivity contribution >= 4 is 12.0 Å². The molecule has 3 heterocycles. The number of nitrogens with two attached hydrogens (primary N) is 1. The predicted octanol–water partition coefficient (Wildman–Crippen LogP) is 6.09. The van der Waals surface area contributed by atoms with E-state index in [0.29, 0.717) is 12.5 Å². The van der Waals surface area contributed by atoms with E-state index in [2.05, 4.69) is 82.3 Å². The lowest BCUT2D eigenvalue weighted by atomic mass is 10.0. The highest BCUT2D eigenvalue weighted by Crippen LogP contribution is 2.34. The first-order chi connectivity index (χ1) is 20.5. The SMILES string of the molecule is CC(C)[C@H](N)c1ncc(-c2ccc(-c3ccc(-c4cnc([C@@H]5CCCN5C(=O)[C@H](C(C)C)N(C)C(=O)O)[nH]4)cc3)cc2)[nH]1. The van der Waals surface area contributed by atoms with Crippen LogP contribution in [0.4, 0.5) is 4.79 Å². The van der Waals surface area contributed by atoms with Crippen molar-refractivity contribution in [3.05, 3.63) is 72.6 Å². The number of hydrogen-bond acceptors (Lipinski definition) is 5. The molecule has 2 amide bonds. The van der Waals surface area contributed by atoms with E-state index in [1.165, 1.54) is 7.05 Å². The Bertz CT molecular complexity index is 1560. The third-order valence-corrected chi connectivity index (χ3v) is 8.41. The van der Waals surface area contributed by atoms with Crippen LogP contribution >= 0.6 is 0 Å². The number of aromatic amines is 2. The largest absolute Gasteiger partial charge is 0.465 e. The van der Waals surface area contributed by atoms with Crippen molar-refractivity contribution in [2.24, 2.45) is 17.6 Å². The quantitative estimate of drug-likeness (QED) is 0.188. The summed E-state index contributed by atoms with van der Waals surface area (Å²) in [6.45, 7) is 8.48. The number of likely N-dealkylation sites (tertiary alicyclic amines) is 1. The van der Waals surface area contributed by atoms with E-state index >= 15 is 0 Å². The van der Waals surface area contributed by atoms with Crippen LogP contribution in [0.2, 0.25) is 0 Å². The molecule has 0 unspecified atom stereocenters. The molecule has 0 spiro atoms. The van der Waals surface area contributed by atoms with Gasteiger partial charge in [-0.25, -0.2) is 14.8 Å². The van der Waals surface area contributed by atoms with Gasteiger partial charge in [-0.15, -0.1) is 0 Å². The number of nitrogens with zero attached hydrogens (tertiary/aromatic N) is 4. The molecule has 1 saturated heterocycles. The lowest BCUT2D eigenvalue weighted by Crippen LogP contribution is -2.51. The number of carboxylic acid groups (broad SMARTS) is 1. The summed E-state index contributed by atoms with van der Waals surface area (Å²) in [7, 11) is 1.46. The minimum Gasteiger partial charge on any atom is -0.465 e. The van der Waals surface area contributed by atoms with Crippen LogP contribution in [0.3, 0.4) is 0 Å². The van der Waals surface area contributed by atoms with E-state index in [-0.39, 0.29) is 23.9 Å². The number of aromatic nitrogens is 4. The number of likely N-dealkylation sites (N-methyl/N-ethyl adjacent to an activating group) is 1. The Morgan fingerprint density at radius 2 is 1.42 bits per heavy atom. The first kappa shape index (κ1) is 30.0. The van der Waals surface area contributed by atoms with E-state index in [0.717, 1.165) is 63.0 Å². The number of benzene rings is 2. The van der Waals surface area contributed by atoms with Crippen molar-refractivity contribution in [1.29, 1.82) is 0 Å². The van der Waals surface area contributed by atoms with Crippen LogP contribution in [0, 0.1) is 11.8 Å². The van der Waals surface area contributed by atoms with Crippen LogP contribution in [0.25, 0.3) is 33.6 Å². The van der Waals surface area contributed by atoms with Crippen molar-refractivity contribution in [2.45, 2.75) is 58.7 Å². The summed E-state index contributed by atoms with van der Waals surface area (Å²) in [5.74, 6) is 1.49. The predicted molar refractivity (Wildman–Crippen MR) is 167 cm³/mol. The van der Waals surface area contributed by atoms with Gasteiger partial charge in [-0.2, -0.15) is 0 Å². The summed E-state index contributed by atoms with van der Waals surface area (Å²) in [6, 6.07) is 15.6. The second-order valence-corrected chi connectivity index (χ2v) is 12.1. The smallest absolute Gasteiger partial charge is 0.407 e. The van der Waals surface area contributed by atoms with Gasteiger partial charge in [0.25, 0.3) is 0 Å². The standard InChI is InChI=1S/C33H41N7O3/c1-19(2)28(34)31-36-18-26(38-31)24-14-10-22(11-15-24)21-8-12-23(13-9-21)25-17-35-30(37-25)27-7-6-16-40(27)32(41)29(20(3)4)39(5)33(42)43/h8-15,17-20,27-29H,6-7,16,34H2,1-5H3,(H,35,37)(H,36,38)(H,42,43)/t27-,28-,29-/m0/s1. The number of amides is 2. The highest BCUT2D eigenvalue weighted by Gasteiger charge is 2.39. The van der Waals surface area contributed by atoms with E-state index < -0.39 is 12.1 Å². The maximum absolute atomic E-state index is 13.5. The van der Waals surface area contributed by atoms with E-state index in [4.69, 9.17) is 5.73 Å². The molecule has 0 aliphatic carbocycles. The Morgan fingerprint density at radius 3 is 1.95 bits per heavy atom. The molecule has 4 aromatic rings. The highest BCUT2D eigenvalue weighted by atomic mass is 16.4. The topological polar surface area (TPSA) is 144 Å². The third kappa shape index (κ3) is 6.19. The van der Waals surface area contributed by atoms with Crippen molar-refractivity contribution in [3.63, 3.8) is 0 Å². The van der Waals surface area contributed by atoms with Crippen molar-refractivity contribution < 1.29 is 14.7 Å². The zero-order valence-electron chi connectivity index (χ0n) is 25.4. The van der Waals surface area contributed by atoms with Crippen LogP contribution in [0.1, 0.15) is 64.3 Å². The van der Waals surface area contributed by atoms with E-state index in [1.807, 2.05) is 20.0 Å². The Balaban J connectivity index is 1.28. The van der Waals surface area contributed by atoms with Crippen molar-refractivity contribution in [3.8, 4) is 33.6 Å². The van der Waals surface area contributed by atoms with Gasteiger partial charge in [-0.1, -0.05) is 76.2 Å². The molecule has 0 radical (unpaired) electrons. The van der Waals surface area contributed by atoms with Gasteiger partial charge in [0, 0.05) is 13.6 Å². The number of carbonyl (C=O) groups is 2. The highest BCUT2D eigenvalue weighted by molar-refractivity contribution is 5.86. The van der Waals surface area contributed by atoms with Gasteiger partial charge in [0.1, 0.15) is 17.7 Å². The Hall–Kier alpha value is -4.44. The fourth-order valence-electron chi connectivity index (χ4n) is 5.81. The van der Waals surface area contributed by atoms with Crippen LogP contribution in [0.15, 0.2) is 60.9 Å². The monoisotopic (exact) mass is 583 g/mol. The Kier molecular flexibility index (Phi) is 8.68. The molecule has 226 valence electrons. The van der Waals surface area contributed by atoms with Gasteiger partial charge >= 0.3 is 6.09 Å². The third-order valence-electron chi connectivity index (χ3n) is 8.41. The van der Waals surface area contributed by atoms with Gasteiger partial charge in [0.15, 0.2) is 0 Å². The Morgan fingerprint density at radius 1 is 0.884 bits per heavy atom. The molecule has 1 aliphatic heterocycles. The summed E-state index contributed by atoms with van der Waals surface area (Å²) in [6.07, 6.45) is 4.14. The molecule has 43 heavy (non-hydrogen) atoms. The molecular weight excluding hydrogens is 542 g/mol. The summed E-state index contributed by atoms with van der Waals surface area (Å²) in [4.78, 5) is 43.9. The summed E-state index contributed by atoms with van der Waals surface area (Å²) < 4.78 is 0. The van der Waals surface area contributed by atoms with Gasteiger partial charge in [-0.05, 0) is 46.9 Å². The van der Waals surface area contributed by atoms with Crippen LogP contribution < -0.4 is 5.73 Å². The number of nitrogens with one attached hydrogen (secondary N) is 2. The maximum atomic E-state index is 13.5. The number of H-pyrrole nitrogens is 2. The average Bonchev–Trinajstić information content (AvgIpc) is 3.77. The molecule has 10 heteroatoms. The zero-order valence-corrected chi connectivity index (χ0v) is 25.4. The van der Waals surface area contributed by atoms with Gasteiger partial charge in [0.05, 0.1) is 35.9 Å². The summed E-state index contributed by atoms with van der Waals surface area (Å²) in [5, 5.41) is 9.52. The minimum absolute atomic E-state index is 0.125. The molecule has 1 aliphatic rings. The first-order valence-electron chi connectivity index (χ1n) is 14.9. The number of hydrogen-bond donors (Lipinski definition) is 4. The molecule has 5 N–H and O–H groups in total. The minimum atomic E-state index is -1.11. The van der Waals surface area contributed by atoms with E-state index in [9.17, 15) is 14.7 Å². The lowest BCUT2D eigenvalue weighted by Gasteiger charge is -2.33.